The Balaban J connectivity index is 1.61. The molecule has 23 heavy (non-hydrogen) atoms. The van der Waals surface area contributed by atoms with E-state index in [0.717, 1.165) is 13.0 Å². The van der Waals surface area contributed by atoms with Gasteiger partial charge < -0.3 is 15.7 Å². The first-order valence-corrected chi connectivity index (χ1v) is 8.72. The Morgan fingerprint density at radius 1 is 1.13 bits per heavy atom. The quantitative estimate of drug-likeness (QED) is 0.717. The molecule has 1 fully saturated rings. The van der Waals surface area contributed by atoms with Gasteiger partial charge in [-0.25, -0.2) is 0 Å². The summed E-state index contributed by atoms with van der Waals surface area (Å²) in [5.74, 6) is 0. The third-order valence-electron chi connectivity index (χ3n) is 4.83. The van der Waals surface area contributed by atoms with Gasteiger partial charge in [0.2, 0.25) is 0 Å². The Labute approximate surface area is 138 Å². The van der Waals surface area contributed by atoms with E-state index in [0.29, 0.717) is 12.1 Å². The Morgan fingerprint density at radius 2 is 1.91 bits per heavy atom. The maximum atomic E-state index is 8.86. The second-order valence-corrected chi connectivity index (χ2v) is 6.58. The molecule has 0 atom stereocenters. The number of nitrogens with one attached hydrogen (secondary N) is 2. The number of nitrogens with zero attached hydrogens (tertiary/aromatic N) is 1. The summed E-state index contributed by atoms with van der Waals surface area (Å²) in [5, 5.41) is 18.7. The van der Waals surface area contributed by atoms with Gasteiger partial charge in [0.05, 0.1) is 0 Å². The van der Waals surface area contributed by atoms with Crippen LogP contribution in [-0.4, -0.2) is 35.3 Å². The van der Waals surface area contributed by atoms with Crippen LogP contribution >= 0.6 is 0 Å². The van der Waals surface area contributed by atoms with E-state index in [4.69, 9.17) is 5.11 Å². The lowest BCUT2D eigenvalue weighted by Gasteiger charge is -2.31. The van der Waals surface area contributed by atoms with Crippen LogP contribution in [0.5, 0.6) is 0 Å². The van der Waals surface area contributed by atoms with Gasteiger partial charge in [-0.15, -0.1) is 0 Å². The molecule has 1 aliphatic carbocycles. The van der Waals surface area contributed by atoms with Crippen molar-refractivity contribution >= 4 is 16.5 Å². The summed E-state index contributed by atoms with van der Waals surface area (Å²) < 4.78 is 0. The molecule has 124 valence electrons. The molecule has 1 aromatic carbocycles. The highest BCUT2D eigenvalue weighted by Crippen LogP contribution is 2.29. The van der Waals surface area contributed by atoms with Crippen LogP contribution in [0, 0.1) is 6.92 Å². The van der Waals surface area contributed by atoms with Gasteiger partial charge in [0.25, 0.3) is 0 Å². The summed E-state index contributed by atoms with van der Waals surface area (Å²) in [7, 11) is 0. The van der Waals surface area contributed by atoms with Gasteiger partial charge in [-0.2, -0.15) is 0 Å². The molecule has 0 aliphatic heterocycles. The van der Waals surface area contributed by atoms with Gasteiger partial charge in [-0.1, -0.05) is 12.1 Å². The van der Waals surface area contributed by atoms with Crippen molar-refractivity contribution in [1.29, 1.82) is 0 Å². The Kier molecular flexibility index (Phi) is 5.47. The topological polar surface area (TPSA) is 57.2 Å². The molecule has 4 heteroatoms. The number of benzene rings is 1. The summed E-state index contributed by atoms with van der Waals surface area (Å²) in [6.07, 6.45) is 9.52. The second kappa shape index (κ2) is 7.75. The highest BCUT2D eigenvalue weighted by Gasteiger charge is 2.21. The van der Waals surface area contributed by atoms with Crippen LogP contribution in [-0.2, 0) is 0 Å². The highest BCUT2D eigenvalue weighted by atomic mass is 16.3. The van der Waals surface area contributed by atoms with E-state index in [1.54, 1.807) is 0 Å². The molecule has 0 amide bonds. The summed E-state index contributed by atoms with van der Waals surface area (Å²) in [6, 6.07) is 7.57. The predicted octanol–water partition coefficient (Wildman–Crippen LogP) is 3.24. The normalized spacial score (nSPS) is 21.5. The fraction of sp³-hybridized carbons (Fsp3) is 0.526. The minimum Gasteiger partial charge on any atom is -0.396 e. The van der Waals surface area contributed by atoms with E-state index in [-0.39, 0.29) is 6.61 Å². The molecule has 0 radical (unpaired) electrons. The fourth-order valence-electron chi connectivity index (χ4n) is 3.58. The molecule has 3 rings (SSSR count). The minimum absolute atomic E-state index is 0.277. The first kappa shape index (κ1) is 16.2. The molecule has 0 unspecified atom stereocenters. The van der Waals surface area contributed by atoms with Gasteiger partial charge in [0.1, 0.15) is 0 Å². The molecule has 3 N–H and O–H groups in total. The summed E-state index contributed by atoms with van der Waals surface area (Å²) in [4.78, 5) is 4.29. The maximum absolute atomic E-state index is 8.86. The molecule has 1 aliphatic rings. The van der Waals surface area contributed by atoms with Gasteiger partial charge in [-0.05, 0) is 57.2 Å². The zero-order chi connectivity index (χ0) is 16.1. The number of hydrogen-bond acceptors (Lipinski definition) is 4. The van der Waals surface area contributed by atoms with Crippen LogP contribution in [0.3, 0.4) is 0 Å². The standard InChI is InChI=1S/C19H27N3O/c1-14-12-20-13-15-4-2-5-18(19(14)15)22-17-8-6-16(7-9-17)21-10-3-11-23/h2,4-5,12-13,16-17,21-23H,3,6-11H2,1H3/t16-,17-. The lowest BCUT2D eigenvalue weighted by atomic mass is 9.90. The Bertz CT molecular complexity index is 630. The lowest BCUT2D eigenvalue weighted by molar-refractivity contribution is 0.276. The van der Waals surface area contributed by atoms with E-state index >= 15 is 0 Å². The van der Waals surface area contributed by atoms with Gasteiger partial charge in [0, 0.05) is 47.5 Å². The van der Waals surface area contributed by atoms with Gasteiger partial charge in [-0.3, -0.25) is 4.98 Å². The van der Waals surface area contributed by atoms with Crippen LogP contribution in [0.1, 0.15) is 37.7 Å². The van der Waals surface area contributed by atoms with E-state index in [1.807, 2.05) is 12.4 Å². The smallest absolute Gasteiger partial charge is 0.0443 e. The van der Waals surface area contributed by atoms with Crippen molar-refractivity contribution in [3.63, 3.8) is 0 Å². The predicted molar refractivity (Wildman–Crippen MR) is 95.9 cm³/mol. The van der Waals surface area contributed by atoms with Crippen molar-refractivity contribution in [3.8, 4) is 0 Å². The number of rotatable bonds is 6. The van der Waals surface area contributed by atoms with Gasteiger partial charge >= 0.3 is 0 Å². The molecule has 1 heterocycles. The molecule has 2 aromatic rings. The summed E-state index contributed by atoms with van der Waals surface area (Å²) >= 11 is 0. The molecular weight excluding hydrogens is 286 g/mol. The number of pyridine rings is 1. The molecule has 0 bridgehead atoms. The first-order chi connectivity index (χ1) is 11.3. The van der Waals surface area contributed by atoms with Crippen molar-refractivity contribution < 1.29 is 5.11 Å². The SMILES string of the molecule is Cc1cncc2cccc(N[C@H]3CC[C@H](NCCCO)CC3)c12. The monoisotopic (exact) mass is 313 g/mol. The van der Waals surface area contributed by atoms with Gasteiger partial charge in [0.15, 0.2) is 0 Å². The van der Waals surface area contributed by atoms with Crippen LogP contribution in [0.2, 0.25) is 0 Å². The average molecular weight is 313 g/mol. The van der Waals surface area contributed by atoms with Crippen molar-refractivity contribution in [2.45, 2.75) is 51.1 Å². The highest BCUT2D eigenvalue weighted by molar-refractivity contribution is 5.95. The van der Waals surface area contributed by atoms with Crippen molar-refractivity contribution in [2.75, 3.05) is 18.5 Å². The molecule has 0 spiro atoms. The van der Waals surface area contributed by atoms with Crippen LogP contribution in [0.15, 0.2) is 30.6 Å². The van der Waals surface area contributed by atoms with E-state index in [9.17, 15) is 0 Å². The number of aromatic nitrogens is 1. The first-order valence-electron chi connectivity index (χ1n) is 8.72. The lowest BCUT2D eigenvalue weighted by Crippen LogP contribution is -2.37. The Morgan fingerprint density at radius 3 is 2.70 bits per heavy atom. The van der Waals surface area contributed by atoms with Crippen molar-refractivity contribution in [3.05, 3.63) is 36.2 Å². The molecule has 1 aromatic heterocycles. The number of aliphatic hydroxyl groups excluding tert-OH is 1. The van der Waals surface area contributed by atoms with Crippen LogP contribution in [0.25, 0.3) is 10.8 Å². The third-order valence-corrected chi connectivity index (χ3v) is 4.83. The van der Waals surface area contributed by atoms with E-state index in [2.05, 4.69) is 40.7 Å². The van der Waals surface area contributed by atoms with Crippen molar-refractivity contribution in [2.24, 2.45) is 0 Å². The minimum atomic E-state index is 0.277. The Hall–Kier alpha value is -1.65. The molecular formula is C19H27N3O. The van der Waals surface area contributed by atoms with Crippen LogP contribution < -0.4 is 10.6 Å². The number of aliphatic hydroxyl groups is 1. The average Bonchev–Trinajstić information content (AvgIpc) is 2.57. The number of anilines is 1. The largest absolute Gasteiger partial charge is 0.396 e. The number of hydrogen-bond donors (Lipinski definition) is 3. The zero-order valence-corrected chi connectivity index (χ0v) is 13.9. The molecule has 1 saturated carbocycles. The molecule has 4 nitrogen and oxygen atoms in total. The van der Waals surface area contributed by atoms with Crippen molar-refractivity contribution in [1.82, 2.24) is 10.3 Å². The zero-order valence-electron chi connectivity index (χ0n) is 13.9. The number of fused-ring (bicyclic) bond motifs is 1. The maximum Gasteiger partial charge on any atom is 0.0443 e. The molecule has 0 saturated heterocycles. The number of aryl methyl sites for hydroxylation is 1. The van der Waals surface area contributed by atoms with E-state index in [1.165, 1.54) is 47.7 Å². The second-order valence-electron chi connectivity index (χ2n) is 6.58. The van der Waals surface area contributed by atoms with E-state index < -0.39 is 0 Å². The third kappa shape index (κ3) is 4.01. The fourth-order valence-corrected chi connectivity index (χ4v) is 3.58. The van der Waals surface area contributed by atoms with Crippen LogP contribution in [0.4, 0.5) is 5.69 Å². The summed E-state index contributed by atoms with van der Waals surface area (Å²) in [5.41, 5.74) is 2.46. The summed E-state index contributed by atoms with van der Waals surface area (Å²) in [6.45, 7) is 3.33.